The number of carbonyl (C=O) groups excluding carboxylic acids is 6. The molecule has 0 saturated carbocycles. The van der Waals surface area contributed by atoms with Crippen LogP contribution >= 0.6 is 0 Å². The van der Waals surface area contributed by atoms with Gasteiger partial charge >= 0.3 is 0 Å². The summed E-state index contributed by atoms with van der Waals surface area (Å²) in [6, 6.07) is 14.4. The van der Waals surface area contributed by atoms with E-state index in [0.717, 1.165) is 11.1 Å². The van der Waals surface area contributed by atoms with Crippen molar-refractivity contribution >= 4 is 35.4 Å². The molecule has 2 aromatic rings. The van der Waals surface area contributed by atoms with E-state index in [2.05, 4.69) is 31.9 Å². The zero-order valence-corrected chi connectivity index (χ0v) is 34.1. The Balaban J connectivity index is 2.36. The Morgan fingerprint density at radius 3 is 1.16 bits per heavy atom. The molecule has 0 saturated heterocycles. The number of benzene rings is 2. The van der Waals surface area contributed by atoms with Crippen molar-refractivity contribution in [1.29, 1.82) is 0 Å². The number of nitrogens with one attached hydrogen (secondary N) is 6. The summed E-state index contributed by atoms with van der Waals surface area (Å²) in [5.74, 6) is -3.88. The van der Waals surface area contributed by atoms with Gasteiger partial charge in [-0.25, -0.2) is 0 Å². The first-order valence-electron chi connectivity index (χ1n) is 19.1. The normalized spacial score (nSPS) is 14.0. The van der Waals surface area contributed by atoms with E-state index < -0.39 is 76.8 Å². The van der Waals surface area contributed by atoms with Crippen LogP contribution in [0.25, 0.3) is 0 Å². The summed E-state index contributed by atoms with van der Waals surface area (Å²) in [7, 11) is 0. The van der Waals surface area contributed by atoms with Gasteiger partial charge in [0, 0.05) is 23.9 Å². The van der Waals surface area contributed by atoms with E-state index in [9.17, 15) is 33.9 Å². The van der Waals surface area contributed by atoms with Crippen molar-refractivity contribution in [2.24, 2.45) is 23.3 Å². The molecule has 15 nitrogen and oxygen atoms in total. The quantitative estimate of drug-likeness (QED) is 0.0810. The second-order valence-corrected chi connectivity index (χ2v) is 16.6. The highest BCUT2D eigenvalue weighted by Gasteiger charge is 2.35. The molecule has 0 radical (unpaired) electrons. The van der Waals surface area contributed by atoms with Crippen molar-refractivity contribution in [1.82, 2.24) is 31.9 Å². The van der Waals surface area contributed by atoms with Crippen molar-refractivity contribution in [3.05, 3.63) is 71.8 Å². The van der Waals surface area contributed by atoms with Crippen molar-refractivity contribution in [2.45, 2.75) is 122 Å². The summed E-state index contributed by atoms with van der Waals surface area (Å²) < 4.78 is 0. The first kappa shape index (κ1) is 47.3. The van der Waals surface area contributed by atoms with Gasteiger partial charge in [0.25, 0.3) is 0 Å². The maximum atomic E-state index is 13.9. The number of rotatable bonds is 22. The Kier molecular flexibility index (Phi) is 18.6. The molecule has 0 fully saturated rings. The molecule has 6 amide bonds. The number of carbonyl (C=O) groups is 6. The topological polar surface area (TPSA) is 247 Å². The lowest BCUT2D eigenvalue weighted by atomic mass is 9.91. The van der Waals surface area contributed by atoms with Crippen LogP contribution < -0.4 is 43.4 Å². The van der Waals surface area contributed by atoms with E-state index in [-0.39, 0.29) is 50.6 Å². The van der Waals surface area contributed by atoms with E-state index >= 15 is 0 Å². The highest BCUT2D eigenvalue weighted by atomic mass is 16.3. The van der Waals surface area contributed by atoms with Crippen LogP contribution in [0.1, 0.15) is 79.4 Å². The lowest BCUT2D eigenvalue weighted by Crippen LogP contribution is -2.61. The summed E-state index contributed by atoms with van der Waals surface area (Å²) in [6.45, 7) is 13.1. The summed E-state index contributed by atoms with van der Waals surface area (Å²) in [6.07, 6.45) is -1.02. The van der Waals surface area contributed by atoms with Crippen molar-refractivity contribution < 1.29 is 33.9 Å². The van der Waals surface area contributed by atoms with Crippen LogP contribution in [0.5, 0.6) is 0 Å². The average Bonchev–Trinajstić information content (AvgIpc) is 3.09. The standard InChI is InChI=1S/C41H64N8O7/c1-25(2)35(48-33(52)23-44-31(50)21-40(5,6)42)38(55)46-29(19-27-15-11-9-12-16-27)37(54)30(20-28-17-13-10-14-18-28)47-39(56)36(26(3)4)49-34(53)24-45-32(51)22-41(7,8)43/h9-18,25-26,29-30,35-37,54H,19-24,42-43H2,1-8H3,(H,44,50)(H,45,51)(H,46,55)(H,47,56)(H,48,52)(H,49,53)/t29-,30-,35-,36-/m0/s1. The zero-order chi connectivity index (χ0) is 42.2. The van der Waals surface area contributed by atoms with Gasteiger partial charge in [-0.3, -0.25) is 28.8 Å². The third-order valence-electron chi connectivity index (χ3n) is 8.73. The van der Waals surface area contributed by atoms with Gasteiger partial charge in [-0.1, -0.05) is 88.4 Å². The number of hydrogen-bond donors (Lipinski definition) is 9. The summed E-state index contributed by atoms with van der Waals surface area (Å²) in [4.78, 5) is 78.2. The largest absolute Gasteiger partial charge is 0.389 e. The predicted octanol–water partition coefficient (Wildman–Crippen LogP) is 0.571. The van der Waals surface area contributed by atoms with Gasteiger partial charge in [0.1, 0.15) is 12.1 Å². The molecule has 2 aromatic carbocycles. The molecular weight excluding hydrogens is 716 g/mol. The van der Waals surface area contributed by atoms with E-state index in [4.69, 9.17) is 11.5 Å². The van der Waals surface area contributed by atoms with Crippen LogP contribution in [-0.4, -0.2) is 95.0 Å². The van der Waals surface area contributed by atoms with E-state index in [1.165, 1.54) is 0 Å². The zero-order valence-electron chi connectivity index (χ0n) is 34.1. The molecule has 0 bridgehead atoms. The van der Waals surface area contributed by atoms with Crippen LogP contribution in [0, 0.1) is 11.8 Å². The van der Waals surface area contributed by atoms with Gasteiger partial charge < -0.3 is 48.5 Å². The van der Waals surface area contributed by atoms with E-state index in [1.54, 1.807) is 55.4 Å². The molecule has 0 unspecified atom stereocenters. The minimum absolute atomic E-state index is 0.00443. The SMILES string of the molecule is CC(C)[C@H](NC(=O)CNC(=O)CC(C)(C)N)C(=O)N[C@@H](Cc1ccccc1)C(O)[C@H](Cc1ccccc1)NC(=O)[C@@H](NC(=O)CNC(=O)CC(C)(C)N)C(C)C. The highest BCUT2D eigenvalue weighted by Crippen LogP contribution is 2.16. The molecule has 56 heavy (non-hydrogen) atoms. The fraction of sp³-hybridized carbons (Fsp3) is 0.561. The van der Waals surface area contributed by atoms with Gasteiger partial charge in [-0.05, 0) is 63.5 Å². The van der Waals surface area contributed by atoms with Crippen LogP contribution in [0.3, 0.4) is 0 Å². The lowest BCUT2D eigenvalue weighted by Gasteiger charge is -2.34. The Labute approximate surface area is 331 Å². The third-order valence-corrected chi connectivity index (χ3v) is 8.73. The van der Waals surface area contributed by atoms with Gasteiger partial charge in [-0.2, -0.15) is 0 Å². The monoisotopic (exact) mass is 780 g/mol. The smallest absolute Gasteiger partial charge is 0.243 e. The van der Waals surface area contributed by atoms with Gasteiger partial charge in [-0.15, -0.1) is 0 Å². The average molecular weight is 781 g/mol. The molecule has 310 valence electrons. The highest BCUT2D eigenvalue weighted by molar-refractivity contribution is 5.91. The van der Waals surface area contributed by atoms with E-state index in [0.29, 0.717) is 0 Å². The maximum absolute atomic E-state index is 13.9. The molecule has 0 spiro atoms. The molecule has 2 rings (SSSR count). The minimum Gasteiger partial charge on any atom is -0.389 e. The molecular formula is C41H64N8O7. The second-order valence-electron chi connectivity index (χ2n) is 16.6. The molecule has 0 heterocycles. The first-order valence-corrected chi connectivity index (χ1v) is 19.1. The molecule has 0 aliphatic heterocycles. The fourth-order valence-electron chi connectivity index (χ4n) is 5.91. The predicted molar refractivity (Wildman–Crippen MR) is 215 cm³/mol. The van der Waals surface area contributed by atoms with E-state index in [1.807, 2.05) is 60.7 Å². The number of nitrogens with two attached hydrogens (primary N) is 2. The van der Waals surface area contributed by atoms with Crippen molar-refractivity contribution in [3.8, 4) is 0 Å². The number of aliphatic hydroxyl groups excluding tert-OH is 1. The maximum Gasteiger partial charge on any atom is 0.243 e. The Hall–Kier alpha value is -4.86. The summed E-state index contributed by atoms with van der Waals surface area (Å²) in [5, 5.41) is 28.5. The fourth-order valence-corrected chi connectivity index (χ4v) is 5.91. The summed E-state index contributed by atoms with van der Waals surface area (Å²) in [5.41, 5.74) is 11.9. The van der Waals surface area contributed by atoms with Gasteiger partial charge in [0.2, 0.25) is 35.4 Å². The van der Waals surface area contributed by atoms with Crippen LogP contribution in [0.4, 0.5) is 0 Å². The lowest BCUT2D eigenvalue weighted by molar-refractivity contribution is -0.132. The molecule has 0 aliphatic rings. The Morgan fingerprint density at radius 1 is 0.554 bits per heavy atom. The van der Waals surface area contributed by atoms with Crippen molar-refractivity contribution in [2.75, 3.05) is 13.1 Å². The van der Waals surface area contributed by atoms with Crippen molar-refractivity contribution in [3.63, 3.8) is 0 Å². The number of hydrogen-bond acceptors (Lipinski definition) is 9. The minimum atomic E-state index is -1.37. The Bertz CT molecular complexity index is 1470. The first-order chi connectivity index (χ1) is 26.0. The number of aliphatic hydroxyl groups is 1. The molecule has 4 atom stereocenters. The Morgan fingerprint density at radius 2 is 0.875 bits per heavy atom. The summed E-state index contributed by atoms with van der Waals surface area (Å²) >= 11 is 0. The molecule has 0 aliphatic carbocycles. The van der Waals surface area contributed by atoms with Gasteiger partial charge in [0.05, 0.1) is 31.3 Å². The number of amides is 6. The molecule has 0 aromatic heterocycles. The van der Waals surface area contributed by atoms with Crippen LogP contribution in [-0.2, 0) is 41.6 Å². The second kappa shape index (κ2) is 22.0. The van der Waals surface area contributed by atoms with Gasteiger partial charge in [0.15, 0.2) is 0 Å². The molecule has 11 N–H and O–H groups in total. The third kappa shape index (κ3) is 18.2. The van der Waals surface area contributed by atoms with Crippen LogP contribution in [0.2, 0.25) is 0 Å². The molecule has 15 heteroatoms. The van der Waals surface area contributed by atoms with Crippen LogP contribution in [0.15, 0.2) is 60.7 Å².